The fourth-order valence-electron chi connectivity index (χ4n) is 2.29. The van der Waals surface area contributed by atoms with E-state index in [1.807, 2.05) is 11.8 Å². The van der Waals surface area contributed by atoms with Crippen LogP contribution in [0.25, 0.3) is 0 Å². The van der Waals surface area contributed by atoms with Gasteiger partial charge < -0.3 is 5.32 Å². The summed E-state index contributed by atoms with van der Waals surface area (Å²) >= 11 is 1.94. The van der Waals surface area contributed by atoms with Crippen LogP contribution in [0.2, 0.25) is 0 Å². The molecule has 2 heteroatoms. The predicted octanol–water partition coefficient (Wildman–Crippen LogP) is 3.70. The number of hydrogen-bond acceptors (Lipinski definition) is 2. The van der Waals surface area contributed by atoms with E-state index in [0.29, 0.717) is 5.41 Å². The van der Waals surface area contributed by atoms with Gasteiger partial charge in [0.15, 0.2) is 0 Å². The quantitative estimate of drug-likeness (QED) is 0.756. The molecule has 0 saturated heterocycles. The molecule has 1 unspecified atom stereocenters. The lowest BCUT2D eigenvalue weighted by Gasteiger charge is -2.34. The summed E-state index contributed by atoms with van der Waals surface area (Å²) in [5.41, 5.74) is 1.79. The molecular formula is C15H25NS. The smallest absolute Gasteiger partial charge is 0.00829 e. The summed E-state index contributed by atoms with van der Waals surface area (Å²) in [5.74, 6) is 1.23. The van der Waals surface area contributed by atoms with Crippen LogP contribution in [-0.2, 0) is 5.41 Å². The first kappa shape index (κ1) is 14.6. The summed E-state index contributed by atoms with van der Waals surface area (Å²) in [7, 11) is 0. The first-order valence-electron chi connectivity index (χ1n) is 6.54. The molecule has 1 aromatic carbocycles. The van der Waals surface area contributed by atoms with Crippen LogP contribution in [0.15, 0.2) is 30.3 Å². The van der Waals surface area contributed by atoms with E-state index < -0.39 is 0 Å². The second-order valence-electron chi connectivity index (χ2n) is 4.52. The monoisotopic (exact) mass is 251 g/mol. The van der Waals surface area contributed by atoms with Gasteiger partial charge in [0.1, 0.15) is 0 Å². The number of thioether (sulfide) groups is 1. The Morgan fingerprint density at radius 3 is 2.41 bits per heavy atom. The van der Waals surface area contributed by atoms with Gasteiger partial charge in [-0.1, -0.05) is 44.2 Å². The molecule has 0 heterocycles. The van der Waals surface area contributed by atoms with Crippen molar-refractivity contribution in [3.05, 3.63) is 35.9 Å². The zero-order chi connectivity index (χ0) is 12.6. The van der Waals surface area contributed by atoms with Gasteiger partial charge in [0.25, 0.3) is 0 Å². The topological polar surface area (TPSA) is 12.0 Å². The molecule has 0 aliphatic heterocycles. The maximum Gasteiger partial charge on any atom is 0.00829 e. The number of likely N-dealkylation sites (N-methyl/N-ethyl adjacent to an activating group) is 1. The molecule has 1 atom stereocenters. The summed E-state index contributed by atoms with van der Waals surface area (Å²) < 4.78 is 0. The van der Waals surface area contributed by atoms with Gasteiger partial charge in [0.05, 0.1) is 0 Å². The molecule has 0 spiro atoms. The van der Waals surface area contributed by atoms with E-state index in [4.69, 9.17) is 0 Å². The summed E-state index contributed by atoms with van der Waals surface area (Å²) in [5, 5.41) is 3.54. The molecule has 1 rings (SSSR count). The zero-order valence-corrected chi connectivity index (χ0v) is 12.1. The minimum atomic E-state index is 0.306. The maximum atomic E-state index is 3.54. The van der Waals surface area contributed by atoms with Crippen molar-refractivity contribution in [1.82, 2.24) is 5.32 Å². The van der Waals surface area contributed by atoms with Crippen LogP contribution in [0.1, 0.15) is 32.3 Å². The molecule has 0 aliphatic rings. The largest absolute Gasteiger partial charge is 0.316 e. The summed E-state index contributed by atoms with van der Waals surface area (Å²) in [6, 6.07) is 11.0. The molecule has 96 valence electrons. The van der Waals surface area contributed by atoms with E-state index in [9.17, 15) is 0 Å². The molecule has 0 aliphatic carbocycles. The van der Waals surface area contributed by atoms with Gasteiger partial charge in [-0.15, -0.1) is 0 Å². The van der Waals surface area contributed by atoms with Crippen molar-refractivity contribution in [1.29, 1.82) is 0 Å². The number of nitrogens with one attached hydrogen (secondary N) is 1. The molecule has 0 fully saturated rings. The molecule has 0 aromatic heterocycles. The summed E-state index contributed by atoms with van der Waals surface area (Å²) in [6.07, 6.45) is 4.64. The van der Waals surface area contributed by atoms with Crippen molar-refractivity contribution in [2.24, 2.45) is 0 Å². The average molecular weight is 251 g/mol. The van der Waals surface area contributed by atoms with Crippen molar-refractivity contribution in [3.63, 3.8) is 0 Å². The Kier molecular flexibility index (Phi) is 6.68. The zero-order valence-electron chi connectivity index (χ0n) is 11.3. The Hall–Kier alpha value is -0.470. The van der Waals surface area contributed by atoms with Crippen molar-refractivity contribution in [3.8, 4) is 0 Å². The third-order valence-corrected chi connectivity index (χ3v) is 4.17. The molecule has 0 amide bonds. The molecule has 1 N–H and O–H groups in total. The standard InChI is InChI=1S/C15H25NS/c1-4-15(11-12-17-3,13-16-5-2)14-9-7-6-8-10-14/h6-10,16H,4-5,11-13H2,1-3H3. The van der Waals surface area contributed by atoms with E-state index in [1.54, 1.807) is 0 Å². The highest BCUT2D eigenvalue weighted by atomic mass is 32.2. The lowest BCUT2D eigenvalue weighted by molar-refractivity contribution is 0.375. The minimum absolute atomic E-state index is 0.306. The number of rotatable bonds is 8. The fraction of sp³-hybridized carbons (Fsp3) is 0.600. The molecular weight excluding hydrogens is 226 g/mol. The Bertz CT molecular complexity index is 289. The SMILES string of the molecule is CCNCC(CC)(CCSC)c1ccccc1. The Morgan fingerprint density at radius 2 is 1.88 bits per heavy atom. The Labute approximate surface area is 110 Å². The lowest BCUT2D eigenvalue weighted by atomic mass is 9.75. The van der Waals surface area contributed by atoms with Gasteiger partial charge in [-0.25, -0.2) is 0 Å². The highest BCUT2D eigenvalue weighted by molar-refractivity contribution is 7.98. The van der Waals surface area contributed by atoms with E-state index in [1.165, 1.54) is 24.2 Å². The highest BCUT2D eigenvalue weighted by Gasteiger charge is 2.28. The van der Waals surface area contributed by atoms with Crippen LogP contribution < -0.4 is 5.32 Å². The van der Waals surface area contributed by atoms with Gasteiger partial charge in [-0.05, 0) is 37.0 Å². The van der Waals surface area contributed by atoms with Crippen LogP contribution in [0.4, 0.5) is 0 Å². The van der Waals surface area contributed by atoms with Crippen molar-refractivity contribution < 1.29 is 0 Å². The molecule has 0 bridgehead atoms. The van der Waals surface area contributed by atoms with Gasteiger partial charge in [-0.2, -0.15) is 11.8 Å². The first-order chi connectivity index (χ1) is 8.29. The predicted molar refractivity (Wildman–Crippen MR) is 80.0 cm³/mol. The van der Waals surface area contributed by atoms with Gasteiger partial charge in [0.2, 0.25) is 0 Å². The van der Waals surface area contributed by atoms with Crippen molar-refractivity contribution >= 4 is 11.8 Å². The van der Waals surface area contributed by atoms with Crippen LogP contribution in [-0.4, -0.2) is 25.1 Å². The second-order valence-corrected chi connectivity index (χ2v) is 5.51. The fourth-order valence-corrected chi connectivity index (χ4v) is 2.89. The van der Waals surface area contributed by atoms with E-state index >= 15 is 0 Å². The Balaban J connectivity index is 2.89. The van der Waals surface area contributed by atoms with Gasteiger partial charge in [0, 0.05) is 12.0 Å². The molecule has 0 radical (unpaired) electrons. The maximum absolute atomic E-state index is 3.54. The summed E-state index contributed by atoms with van der Waals surface area (Å²) in [6.45, 7) is 6.63. The van der Waals surface area contributed by atoms with Crippen molar-refractivity contribution in [2.45, 2.75) is 32.1 Å². The van der Waals surface area contributed by atoms with E-state index in [-0.39, 0.29) is 0 Å². The number of benzene rings is 1. The van der Waals surface area contributed by atoms with E-state index in [0.717, 1.165) is 13.1 Å². The van der Waals surface area contributed by atoms with E-state index in [2.05, 4.69) is 55.8 Å². The Morgan fingerprint density at radius 1 is 1.18 bits per heavy atom. The highest BCUT2D eigenvalue weighted by Crippen LogP contribution is 2.32. The molecule has 1 aromatic rings. The minimum Gasteiger partial charge on any atom is -0.316 e. The summed E-state index contributed by atoms with van der Waals surface area (Å²) in [4.78, 5) is 0. The van der Waals surface area contributed by atoms with Gasteiger partial charge >= 0.3 is 0 Å². The average Bonchev–Trinajstić information content (AvgIpc) is 2.41. The first-order valence-corrected chi connectivity index (χ1v) is 7.93. The van der Waals surface area contributed by atoms with Crippen molar-refractivity contribution in [2.75, 3.05) is 25.1 Å². The molecule has 0 saturated carbocycles. The molecule has 1 nitrogen and oxygen atoms in total. The number of hydrogen-bond donors (Lipinski definition) is 1. The van der Waals surface area contributed by atoms with Gasteiger partial charge in [-0.3, -0.25) is 0 Å². The third-order valence-electron chi connectivity index (χ3n) is 3.56. The molecule has 17 heavy (non-hydrogen) atoms. The van der Waals surface area contributed by atoms with Crippen LogP contribution in [0.5, 0.6) is 0 Å². The third kappa shape index (κ3) is 4.04. The second kappa shape index (κ2) is 7.78. The normalized spacial score (nSPS) is 14.5. The van der Waals surface area contributed by atoms with Crippen LogP contribution >= 0.6 is 11.8 Å². The van der Waals surface area contributed by atoms with Crippen LogP contribution in [0, 0.1) is 0 Å². The van der Waals surface area contributed by atoms with Crippen LogP contribution in [0.3, 0.4) is 0 Å². The lowest BCUT2D eigenvalue weighted by Crippen LogP contribution is -2.38.